The molecule has 6 heteroatoms. The number of aromatic nitrogens is 1. The van der Waals surface area contributed by atoms with Gasteiger partial charge in [-0.05, 0) is 36.4 Å². The van der Waals surface area contributed by atoms with Gasteiger partial charge in [0.25, 0.3) is 0 Å². The third-order valence-corrected chi connectivity index (χ3v) is 3.36. The van der Waals surface area contributed by atoms with Crippen LogP contribution in [0.5, 0.6) is 0 Å². The molecule has 3 aromatic rings. The Labute approximate surface area is 137 Å². The molecule has 0 fully saturated rings. The van der Waals surface area contributed by atoms with Gasteiger partial charge in [0.15, 0.2) is 0 Å². The van der Waals surface area contributed by atoms with Gasteiger partial charge in [-0.1, -0.05) is 18.2 Å². The average Bonchev–Trinajstić information content (AvgIpc) is 2.57. The van der Waals surface area contributed by atoms with Gasteiger partial charge in [-0.3, -0.25) is 14.6 Å². The fourth-order valence-electron chi connectivity index (χ4n) is 2.28. The van der Waals surface area contributed by atoms with Crippen molar-refractivity contribution in [2.45, 2.75) is 6.42 Å². The lowest BCUT2D eigenvalue weighted by Crippen LogP contribution is -2.21. The van der Waals surface area contributed by atoms with Gasteiger partial charge in [-0.25, -0.2) is 4.39 Å². The van der Waals surface area contributed by atoms with Crippen molar-refractivity contribution >= 4 is 34.1 Å². The van der Waals surface area contributed by atoms with Crippen molar-refractivity contribution in [1.29, 1.82) is 0 Å². The molecule has 1 aromatic heterocycles. The van der Waals surface area contributed by atoms with Gasteiger partial charge in [0, 0.05) is 17.3 Å². The zero-order valence-electron chi connectivity index (χ0n) is 12.6. The number of nitrogens with one attached hydrogen (secondary N) is 2. The minimum absolute atomic E-state index is 0.347. The van der Waals surface area contributed by atoms with Crippen molar-refractivity contribution < 1.29 is 14.0 Å². The Kier molecular flexibility index (Phi) is 4.47. The Balaban J connectivity index is 1.64. The van der Waals surface area contributed by atoms with Crippen LogP contribution in [0.2, 0.25) is 0 Å². The van der Waals surface area contributed by atoms with Crippen LogP contribution in [0.4, 0.5) is 15.8 Å². The van der Waals surface area contributed by atoms with Gasteiger partial charge in [0.2, 0.25) is 11.8 Å². The molecule has 0 aliphatic rings. The molecule has 5 nitrogen and oxygen atoms in total. The summed E-state index contributed by atoms with van der Waals surface area (Å²) in [5, 5.41) is 6.12. The number of carbonyl (C=O) groups excluding carboxylic acids is 2. The van der Waals surface area contributed by atoms with E-state index in [2.05, 4.69) is 15.6 Å². The van der Waals surface area contributed by atoms with Crippen LogP contribution in [0, 0.1) is 5.82 Å². The van der Waals surface area contributed by atoms with E-state index >= 15 is 0 Å². The van der Waals surface area contributed by atoms with Gasteiger partial charge in [-0.15, -0.1) is 0 Å². The first-order valence-electron chi connectivity index (χ1n) is 7.31. The summed E-state index contributed by atoms with van der Waals surface area (Å²) in [6.07, 6.45) is 1.29. The number of carbonyl (C=O) groups is 2. The highest BCUT2D eigenvalue weighted by Crippen LogP contribution is 2.20. The minimum atomic E-state index is -0.479. The van der Waals surface area contributed by atoms with Crippen LogP contribution in [0.3, 0.4) is 0 Å². The molecule has 24 heavy (non-hydrogen) atoms. The molecule has 0 radical (unpaired) electrons. The maximum Gasteiger partial charge on any atom is 0.233 e. The quantitative estimate of drug-likeness (QED) is 0.723. The molecule has 0 spiro atoms. The molecule has 0 atom stereocenters. The summed E-state index contributed by atoms with van der Waals surface area (Å²) in [6.45, 7) is 0. The zero-order chi connectivity index (χ0) is 16.9. The molecule has 0 saturated carbocycles. The lowest BCUT2D eigenvalue weighted by molar-refractivity contribution is -0.123. The molecule has 2 N–H and O–H groups in total. The second-order valence-electron chi connectivity index (χ2n) is 5.16. The van der Waals surface area contributed by atoms with Crippen LogP contribution in [0.1, 0.15) is 6.42 Å². The second kappa shape index (κ2) is 6.87. The number of rotatable bonds is 4. The van der Waals surface area contributed by atoms with Crippen LogP contribution in [-0.2, 0) is 9.59 Å². The number of hydrogen-bond acceptors (Lipinski definition) is 3. The molecule has 3 rings (SSSR count). The first kappa shape index (κ1) is 15.6. The van der Waals surface area contributed by atoms with Crippen molar-refractivity contribution in [3.05, 3.63) is 66.6 Å². The number of pyridine rings is 1. The maximum absolute atomic E-state index is 12.8. The fraction of sp³-hybridized carbons (Fsp3) is 0.0556. The van der Waals surface area contributed by atoms with E-state index in [1.165, 1.54) is 24.3 Å². The molecule has 1 heterocycles. The standard InChI is InChI=1S/C18H14FN3O2/c19-13-6-8-14(9-7-13)21-16(23)11-17(24)22-15-5-1-3-12-4-2-10-20-18(12)15/h1-10H,11H2,(H,21,23)(H,22,24). The van der Waals surface area contributed by atoms with E-state index in [0.29, 0.717) is 16.9 Å². The molecule has 120 valence electrons. The topological polar surface area (TPSA) is 71.1 Å². The van der Waals surface area contributed by atoms with Crippen LogP contribution in [-0.4, -0.2) is 16.8 Å². The van der Waals surface area contributed by atoms with Crippen molar-refractivity contribution in [3.8, 4) is 0 Å². The van der Waals surface area contributed by atoms with E-state index in [1.807, 2.05) is 18.2 Å². The van der Waals surface area contributed by atoms with Crippen molar-refractivity contribution in [1.82, 2.24) is 4.98 Å². The zero-order valence-corrected chi connectivity index (χ0v) is 12.6. The largest absolute Gasteiger partial charge is 0.326 e. The molecule has 0 saturated heterocycles. The van der Waals surface area contributed by atoms with Crippen molar-refractivity contribution in [3.63, 3.8) is 0 Å². The summed E-state index contributed by atoms with van der Waals surface area (Å²) in [5.41, 5.74) is 1.64. The molecule has 0 bridgehead atoms. The molecular formula is C18H14FN3O2. The van der Waals surface area contributed by atoms with E-state index in [1.54, 1.807) is 18.3 Å². The van der Waals surface area contributed by atoms with Gasteiger partial charge in [-0.2, -0.15) is 0 Å². The maximum atomic E-state index is 12.8. The Morgan fingerprint density at radius 1 is 0.917 bits per heavy atom. The number of halogens is 1. The minimum Gasteiger partial charge on any atom is -0.326 e. The normalized spacial score (nSPS) is 10.4. The first-order valence-corrected chi connectivity index (χ1v) is 7.31. The fourth-order valence-corrected chi connectivity index (χ4v) is 2.28. The Morgan fingerprint density at radius 2 is 1.62 bits per heavy atom. The highest BCUT2D eigenvalue weighted by atomic mass is 19.1. The number of anilines is 2. The van der Waals surface area contributed by atoms with E-state index in [-0.39, 0.29) is 6.42 Å². The predicted molar refractivity (Wildman–Crippen MR) is 90.0 cm³/mol. The van der Waals surface area contributed by atoms with Crippen molar-refractivity contribution in [2.24, 2.45) is 0 Å². The average molecular weight is 323 g/mol. The van der Waals surface area contributed by atoms with Gasteiger partial charge < -0.3 is 10.6 Å². The van der Waals surface area contributed by atoms with Gasteiger partial charge in [0.05, 0.1) is 11.2 Å². The second-order valence-corrected chi connectivity index (χ2v) is 5.16. The molecular weight excluding hydrogens is 309 g/mol. The van der Waals surface area contributed by atoms with Gasteiger partial charge in [0.1, 0.15) is 12.2 Å². The summed E-state index contributed by atoms with van der Waals surface area (Å²) >= 11 is 0. The number of para-hydroxylation sites is 1. The predicted octanol–water partition coefficient (Wildman–Crippen LogP) is 3.34. The number of hydrogen-bond donors (Lipinski definition) is 2. The highest BCUT2D eigenvalue weighted by Gasteiger charge is 2.12. The monoisotopic (exact) mass is 323 g/mol. The highest BCUT2D eigenvalue weighted by molar-refractivity contribution is 6.10. The molecule has 0 aliphatic heterocycles. The Hall–Kier alpha value is -3.28. The number of benzene rings is 2. The summed E-state index contributed by atoms with van der Waals surface area (Å²) in [5.74, 6) is -1.32. The number of nitrogens with zero attached hydrogens (tertiary/aromatic N) is 1. The summed E-state index contributed by atoms with van der Waals surface area (Å²) in [4.78, 5) is 28.2. The molecule has 2 amide bonds. The molecule has 0 unspecified atom stereocenters. The lowest BCUT2D eigenvalue weighted by atomic mass is 10.2. The van der Waals surface area contributed by atoms with Crippen LogP contribution in [0.15, 0.2) is 60.8 Å². The van der Waals surface area contributed by atoms with E-state index < -0.39 is 17.6 Å². The number of fused-ring (bicyclic) bond motifs is 1. The summed E-state index contributed by atoms with van der Waals surface area (Å²) < 4.78 is 12.8. The Bertz CT molecular complexity index is 889. The van der Waals surface area contributed by atoms with Crippen LogP contribution < -0.4 is 10.6 Å². The van der Waals surface area contributed by atoms with Crippen molar-refractivity contribution in [2.75, 3.05) is 10.6 Å². The summed E-state index contributed by atoms with van der Waals surface area (Å²) in [7, 11) is 0. The van der Waals surface area contributed by atoms with E-state index in [9.17, 15) is 14.0 Å². The van der Waals surface area contributed by atoms with Gasteiger partial charge >= 0.3 is 0 Å². The van der Waals surface area contributed by atoms with E-state index in [0.717, 1.165) is 5.39 Å². The SMILES string of the molecule is O=C(CC(=O)Nc1cccc2cccnc12)Nc1ccc(F)cc1. The summed E-state index contributed by atoms with van der Waals surface area (Å²) in [6, 6.07) is 14.4. The van der Waals surface area contributed by atoms with Crippen LogP contribution in [0.25, 0.3) is 10.9 Å². The molecule has 2 aromatic carbocycles. The lowest BCUT2D eigenvalue weighted by Gasteiger charge is -2.08. The third-order valence-electron chi connectivity index (χ3n) is 3.36. The Morgan fingerprint density at radius 3 is 2.42 bits per heavy atom. The van der Waals surface area contributed by atoms with E-state index in [4.69, 9.17) is 0 Å². The smallest absolute Gasteiger partial charge is 0.233 e. The third kappa shape index (κ3) is 3.73. The molecule has 0 aliphatic carbocycles. The first-order chi connectivity index (χ1) is 11.6. The number of amides is 2. The van der Waals surface area contributed by atoms with Crippen LogP contribution >= 0.6 is 0 Å².